The van der Waals surface area contributed by atoms with Crippen molar-refractivity contribution in [2.45, 2.75) is 62.8 Å². The number of amides is 3. The number of hydrogen-bond acceptors (Lipinski definition) is 5. The summed E-state index contributed by atoms with van der Waals surface area (Å²) in [5, 5.41) is 3.57. The SMILES string of the molecule is O=C(CCN1C(=O)C2C3CCC(O3)C2C1=O)N1CCC2CCC(C1)N2. The number of nitrogens with zero attached hydrogens (tertiary/aromatic N) is 2. The molecule has 5 aliphatic rings. The van der Waals surface area contributed by atoms with Crippen LogP contribution in [0.15, 0.2) is 0 Å². The lowest BCUT2D eigenvalue weighted by Gasteiger charge is -2.25. The topological polar surface area (TPSA) is 79.0 Å². The van der Waals surface area contributed by atoms with Crippen LogP contribution in [0.2, 0.25) is 0 Å². The van der Waals surface area contributed by atoms with Gasteiger partial charge in [0.25, 0.3) is 0 Å². The van der Waals surface area contributed by atoms with Crippen molar-refractivity contribution in [3.8, 4) is 0 Å². The normalized spacial score (nSPS) is 42.2. The highest BCUT2D eigenvalue weighted by Gasteiger charge is 2.62. The number of ether oxygens (including phenoxy) is 1. The van der Waals surface area contributed by atoms with Gasteiger partial charge in [0.1, 0.15) is 0 Å². The van der Waals surface area contributed by atoms with Crippen LogP contribution in [0.3, 0.4) is 0 Å². The van der Waals surface area contributed by atoms with Crippen LogP contribution >= 0.6 is 0 Å². The first kappa shape index (κ1) is 15.8. The zero-order chi connectivity index (χ0) is 17.1. The second-order valence-corrected chi connectivity index (χ2v) is 8.19. The lowest BCUT2D eigenvalue weighted by Crippen LogP contribution is -2.41. The van der Waals surface area contributed by atoms with Gasteiger partial charge in [-0.25, -0.2) is 0 Å². The minimum Gasteiger partial charge on any atom is -0.373 e. The highest BCUT2D eigenvalue weighted by molar-refractivity contribution is 6.06. The lowest BCUT2D eigenvalue weighted by molar-refractivity contribution is -0.143. The first-order chi connectivity index (χ1) is 12.1. The van der Waals surface area contributed by atoms with Gasteiger partial charge in [0, 0.05) is 38.1 Å². The molecule has 25 heavy (non-hydrogen) atoms. The van der Waals surface area contributed by atoms with Crippen LogP contribution in [0.4, 0.5) is 0 Å². The molecule has 5 fully saturated rings. The Morgan fingerprint density at radius 1 is 1.00 bits per heavy atom. The monoisotopic (exact) mass is 347 g/mol. The summed E-state index contributed by atoms with van der Waals surface area (Å²) >= 11 is 0. The van der Waals surface area contributed by atoms with Crippen molar-refractivity contribution in [2.24, 2.45) is 11.8 Å². The van der Waals surface area contributed by atoms with Crippen molar-refractivity contribution in [1.29, 1.82) is 0 Å². The number of carbonyl (C=O) groups excluding carboxylic acids is 3. The van der Waals surface area contributed by atoms with Crippen LogP contribution in [-0.2, 0) is 19.1 Å². The average Bonchev–Trinajstić information content (AvgIpc) is 3.31. The minimum absolute atomic E-state index is 0.0613. The summed E-state index contributed by atoms with van der Waals surface area (Å²) in [7, 11) is 0. The fourth-order valence-electron chi connectivity index (χ4n) is 5.53. The molecule has 5 saturated heterocycles. The largest absolute Gasteiger partial charge is 0.373 e. The van der Waals surface area contributed by atoms with Gasteiger partial charge in [0.05, 0.1) is 24.0 Å². The molecule has 6 atom stereocenters. The molecule has 136 valence electrons. The molecular formula is C18H25N3O4. The zero-order valence-corrected chi connectivity index (χ0v) is 14.4. The van der Waals surface area contributed by atoms with E-state index in [1.54, 1.807) is 0 Å². The Labute approximate surface area is 147 Å². The Bertz CT molecular complexity index is 595. The maximum absolute atomic E-state index is 12.6. The van der Waals surface area contributed by atoms with Crippen LogP contribution in [0, 0.1) is 11.8 Å². The number of likely N-dealkylation sites (tertiary alicyclic amines) is 2. The third-order valence-corrected chi connectivity index (χ3v) is 6.80. The van der Waals surface area contributed by atoms with Gasteiger partial charge in [0.15, 0.2) is 0 Å². The van der Waals surface area contributed by atoms with E-state index < -0.39 is 0 Å². The summed E-state index contributed by atoms with van der Waals surface area (Å²) in [5.74, 6) is -0.761. The molecular weight excluding hydrogens is 322 g/mol. The third kappa shape index (κ3) is 2.43. The Morgan fingerprint density at radius 2 is 1.68 bits per heavy atom. The standard InChI is InChI=1S/C18H25N3O4/c22-14(20-7-5-10-1-2-11(9-20)19-10)6-8-21-17(23)15-12-3-4-13(25-12)16(15)18(21)24/h10-13,15-16,19H,1-9H2. The van der Waals surface area contributed by atoms with E-state index >= 15 is 0 Å². The molecule has 1 N–H and O–H groups in total. The molecule has 5 aliphatic heterocycles. The van der Waals surface area contributed by atoms with Crippen molar-refractivity contribution in [2.75, 3.05) is 19.6 Å². The van der Waals surface area contributed by atoms with E-state index in [9.17, 15) is 14.4 Å². The third-order valence-electron chi connectivity index (χ3n) is 6.80. The fraction of sp³-hybridized carbons (Fsp3) is 0.833. The molecule has 3 amide bonds. The summed E-state index contributed by atoms with van der Waals surface area (Å²) in [4.78, 5) is 41.1. The van der Waals surface area contributed by atoms with E-state index in [0.29, 0.717) is 12.1 Å². The molecule has 5 rings (SSSR count). The van der Waals surface area contributed by atoms with Crippen molar-refractivity contribution >= 4 is 17.7 Å². The van der Waals surface area contributed by atoms with E-state index in [4.69, 9.17) is 4.74 Å². The number of nitrogens with one attached hydrogen (secondary N) is 1. The van der Waals surface area contributed by atoms with Gasteiger partial charge < -0.3 is 15.0 Å². The maximum atomic E-state index is 12.6. The Balaban J connectivity index is 1.21. The van der Waals surface area contributed by atoms with E-state index in [0.717, 1.165) is 38.8 Å². The lowest BCUT2D eigenvalue weighted by atomic mass is 9.81. The minimum atomic E-state index is -0.292. The molecule has 7 heteroatoms. The van der Waals surface area contributed by atoms with E-state index in [1.165, 1.54) is 11.3 Å². The summed E-state index contributed by atoms with van der Waals surface area (Å²) in [6.07, 6.45) is 5.15. The predicted octanol–water partition coefficient (Wildman–Crippen LogP) is -0.108. The van der Waals surface area contributed by atoms with Crippen molar-refractivity contribution in [3.63, 3.8) is 0 Å². The Kier molecular flexibility index (Phi) is 3.64. The van der Waals surface area contributed by atoms with E-state index in [2.05, 4.69) is 5.32 Å². The predicted molar refractivity (Wildman–Crippen MR) is 87.4 cm³/mol. The van der Waals surface area contributed by atoms with Crippen LogP contribution in [-0.4, -0.2) is 71.4 Å². The second-order valence-electron chi connectivity index (χ2n) is 8.19. The van der Waals surface area contributed by atoms with Gasteiger partial charge in [0.2, 0.25) is 17.7 Å². The second kappa shape index (κ2) is 5.77. The zero-order valence-electron chi connectivity index (χ0n) is 14.4. The molecule has 0 aromatic rings. The molecule has 0 radical (unpaired) electrons. The van der Waals surface area contributed by atoms with Crippen molar-refractivity contribution in [3.05, 3.63) is 0 Å². The molecule has 7 nitrogen and oxygen atoms in total. The van der Waals surface area contributed by atoms with Crippen LogP contribution < -0.4 is 5.32 Å². The summed E-state index contributed by atoms with van der Waals surface area (Å²) in [6, 6.07) is 0.943. The Hall–Kier alpha value is -1.47. The molecule has 0 aromatic carbocycles. The molecule has 0 spiro atoms. The summed E-state index contributed by atoms with van der Waals surface area (Å²) < 4.78 is 5.74. The van der Waals surface area contributed by atoms with Gasteiger partial charge in [-0.1, -0.05) is 0 Å². The van der Waals surface area contributed by atoms with Crippen molar-refractivity contribution in [1.82, 2.24) is 15.1 Å². The molecule has 0 saturated carbocycles. The first-order valence-electron chi connectivity index (χ1n) is 9.66. The molecule has 4 bridgehead atoms. The number of imide groups is 1. The molecule has 6 unspecified atom stereocenters. The van der Waals surface area contributed by atoms with Crippen molar-refractivity contribution < 1.29 is 19.1 Å². The van der Waals surface area contributed by atoms with E-state index in [1.807, 2.05) is 4.90 Å². The summed E-state index contributed by atoms with van der Waals surface area (Å²) in [6.45, 7) is 1.75. The quantitative estimate of drug-likeness (QED) is 0.721. The Morgan fingerprint density at radius 3 is 2.40 bits per heavy atom. The van der Waals surface area contributed by atoms with Crippen LogP contribution in [0.25, 0.3) is 0 Å². The van der Waals surface area contributed by atoms with Gasteiger partial charge in [-0.15, -0.1) is 0 Å². The van der Waals surface area contributed by atoms with Gasteiger partial charge >= 0.3 is 0 Å². The molecule has 0 aromatic heterocycles. The van der Waals surface area contributed by atoms with Crippen LogP contribution in [0.1, 0.15) is 38.5 Å². The van der Waals surface area contributed by atoms with Gasteiger partial charge in [-0.05, 0) is 32.1 Å². The number of carbonyl (C=O) groups is 3. The maximum Gasteiger partial charge on any atom is 0.235 e. The summed E-state index contributed by atoms with van der Waals surface area (Å²) in [5.41, 5.74) is 0. The first-order valence-corrected chi connectivity index (χ1v) is 9.66. The smallest absolute Gasteiger partial charge is 0.235 e. The number of fused-ring (bicyclic) bond motifs is 7. The molecule has 5 heterocycles. The number of rotatable bonds is 3. The molecule has 0 aliphatic carbocycles. The van der Waals surface area contributed by atoms with Crippen LogP contribution in [0.5, 0.6) is 0 Å². The van der Waals surface area contributed by atoms with E-state index in [-0.39, 0.29) is 54.7 Å². The fourth-order valence-corrected chi connectivity index (χ4v) is 5.53. The van der Waals surface area contributed by atoms with Gasteiger partial charge in [-0.3, -0.25) is 19.3 Å². The number of hydrogen-bond donors (Lipinski definition) is 1. The highest BCUT2D eigenvalue weighted by Crippen LogP contribution is 2.48. The van der Waals surface area contributed by atoms with Gasteiger partial charge in [-0.2, -0.15) is 0 Å². The highest BCUT2D eigenvalue weighted by atomic mass is 16.5. The average molecular weight is 347 g/mol.